The van der Waals surface area contributed by atoms with Crippen LogP contribution >= 0.6 is 11.6 Å². The van der Waals surface area contributed by atoms with Crippen LogP contribution in [0.15, 0.2) is 36.7 Å². The summed E-state index contributed by atoms with van der Waals surface area (Å²) in [5, 5.41) is 13.6. The molecular weight excluding hydrogens is 368 g/mol. The predicted molar refractivity (Wildman–Crippen MR) is 99.9 cm³/mol. The molecule has 1 unspecified atom stereocenters. The van der Waals surface area contributed by atoms with E-state index >= 15 is 0 Å². The fourth-order valence-electron chi connectivity index (χ4n) is 4.12. The van der Waals surface area contributed by atoms with E-state index in [0.717, 1.165) is 42.2 Å². The Hall–Kier alpha value is -2.38. The number of amides is 1. The molecule has 0 aliphatic carbocycles. The molecule has 2 saturated heterocycles. The summed E-state index contributed by atoms with van der Waals surface area (Å²) >= 11 is 5.95. The average molecular weight is 389 g/mol. The van der Waals surface area contributed by atoms with Crippen molar-refractivity contribution in [3.05, 3.63) is 52.8 Å². The molecule has 2 aliphatic heterocycles. The molecule has 1 amide bonds. The van der Waals surface area contributed by atoms with Gasteiger partial charge in [-0.3, -0.25) is 4.90 Å². The van der Waals surface area contributed by atoms with Crippen molar-refractivity contribution in [2.24, 2.45) is 5.41 Å². The first-order valence-electron chi connectivity index (χ1n) is 8.98. The molecular formula is C19H21ClN4O3. The smallest absolute Gasteiger partial charge is 0.344 e. The highest BCUT2D eigenvalue weighted by Crippen LogP contribution is 2.40. The molecule has 1 N–H and O–H groups in total. The van der Waals surface area contributed by atoms with Crippen molar-refractivity contribution in [1.29, 1.82) is 0 Å². The van der Waals surface area contributed by atoms with Crippen molar-refractivity contribution in [3.63, 3.8) is 0 Å². The number of carboxylic acids is 1. The van der Waals surface area contributed by atoms with Gasteiger partial charge in [0.25, 0.3) is 0 Å². The highest BCUT2D eigenvalue weighted by atomic mass is 35.5. The summed E-state index contributed by atoms with van der Waals surface area (Å²) in [5.41, 5.74) is 1.37. The van der Waals surface area contributed by atoms with Crippen molar-refractivity contribution < 1.29 is 14.7 Å². The van der Waals surface area contributed by atoms with Crippen LogP contribution in [0.4, 0.5) is 4.79 Å². The number of benzene rings is 1. The van der Waals surface area contributed by atoms with E-state index < -0.39 is 5.97 Å². The lowest BCUT2D eigenvalue weighted by atomic mass is 9.86. The summed E-state index contributed by atoms with van der Waals surface area (Å²) in [7, 11) is 0. The van der Waals surface area contributed by atoms with Crippen LogP contribution in [-0.2, 0) is 6.54 Å². The second-order valence-electron chi connectivity index (χ2n) is 7.52. The van der Waals surface area contributed by atoms with Crippen LogP contribution in [0.5, 0.6) is 0 Å². The second kappa shape index (κ2) is 6.98. The SMILES string of the molecule is O=C(O)c1cnn(C(=O)N2CCC3(CCN(Cc4ccc(Cl)cc4)C3)C2)c1. The maximum absolute atomic E-state index is 12.6. The number of carbonyl (C=O) groups excluding carboxylic acids is 1. The number of carbonyl (C=O) groups is 2. The van der Waals surface area contributed by atoms with Crippen molar-refractivity contribution in [2.45, 2.75) is 19.4 Å². The summed E-state index contributed by atoms with van der Waals surface area (Å²) in [4.78, 5) is 27.8. The quantitative estimate of drug-likeness (QED) is 0.874. The lowest BCUT2D eigenvalue weighted by molar-refractivity contribution is 0.0697. The van der Waals surface area contributed by atoms with Gasteiger partial charge in [0.2, 0.25) is 0 Å². The van der Waals surface area contributed by atoms with Gasteiger partial charge in [-0.15, -0.1) is 0 Å². The Morgan fingerprint density at radius 2 is 1.89 bits per heavy atom. The normalized spacial score (nSPS) is 22.6. The Bertz CT molecular complexity index is 866. The second-order valence-corrected chi connectivity index (χ2v) is 7.96. The van der Waals surface area contributed by atoms with Crippen LogP contribution in [0.25, 0.3) is 0 Å². The van der Waals surface area contributed by atoms with Crippen LogP contribution < -0.4 is 0 Å². The van der Waals surface area contributed by atoms with Crippen LogP contribution in [0.2, 0.25) is 5.02 Å². The molecule has 8 heteroatoms. The minimum absolute atomic E-state index is 0.0206. The van der Waals surface area contributed by atoms with Gasteiger partial charge >= 0.3 is 12.0 Å². The number of aromatic nitrogens is 2. The van der Waals surface area contributed by atoms with Gasteiger partial charge in [0.1, 0.15) is 0 Å². The number of hydrogen-bond donors (Lipinski definition) is 1. The first-order chi connectivity index (χ1) is 12.9. The zero-order chi connectivity index (χ0) is 19.0. The van der Waals surface area contributed by atoms with E-state index in [9.17, 15) is 9.59 Å². The minimum Gasteiger partial charge on any atom is -0.478 e. The molecule has 2 aliphatic rings. The van der Waals surface area contributed by atoms with E-state index in [1.54, 1.807) is 4.90 Å². The van der Waals surface area contributed by atoms with Gasteiger partial charge in [0.05, 0.1) is 18.0 Å². The van der Waals surface area contributed by atoms with Gasteiger partial charge in [-0.05, 0) is 37.1 Å². The first-order valence-corrected chi connectivity index (χ1v) is 9.36. The van der Waals surface area contributed by atoms with Gasteiger partial charge in [0, 0.05) is 36.6 Å². The Balaban J connectivity index is 1.37. The van der Waals surface area contributed by atoms with Gasteiger partial charge in [0.15, 0.2) is 0 Å². The molecule has 3 heterocycles. The van der Waals surface area contributed by atoms with Gasteiger partial charge in [-0.2, -0.15) is 9.78 Å². The summed E-state index contributed by atoms with van der Waals surface area (Å²) in [5.74, 6) is -1.08. The third-order valence-corrected chi connectivity index (χ3v) is 5.82. The molecule has 2 aromatic rings. The maximum Gasteiger partial charge on any atom is 0.344 e. The van der Waals surface area contributed by atoms with Crippen molar-refractivity contribution in [1.82, 2.24) is 19.6 Å². The van der Waals surface area contributed by atoms with E-state index in [4.69, 9.17) is 16.7 Å². The number of likely N-dealkylation sites (tertiary alicyclic amines) is 2. The molecule has 1 aromatic heterocycles. The molecule has 2 fully saturated rings. The molecule has 1 spiro atoms. The lowest BCUT2D eigenvalue weighted by Crippen LogP contribution is -2.36. The molecule has 4 rings (SSSR count). The minimum atomic E-state index is -1.08. The fraction of sp³-hybridized carbons (Fsp3) is 0.421. The number of carboxylic acid groups (broad SMARTS) is 1. The molecule has 0 bridgehead atoms. The van der Waals surface area contributed by atoms with Crippen LogP contribution in [0.1, 0.15) is 28.8 Å². The predicted octanol–water partition coefficient (Wildman–Crippen LogP) is 2.80. The van der Waals surface area contributed by atoms with E-state index in [2.05, 4.69) is 22.1 Å². The van der Waals surface area contributed by atoms with E-state index in [1.165, 1.54) is 18.0 Å². The summed E-state index contributed by atoms with van der Waals surface area (Å²) < 4.78 is 1.13. The first kappa shape index (κ1) is 18.0. The van der Waals surface area contributed by atoms with E-state index in [1.807, 2.05) is 12.1 Å². The van der Waals surface area contributed by atoms with Gasteiger partial charge < -0.3 is 10.0 Å². The molecule has 1 aromatic carbocycles. The number of halogens is 1. The van der Waals surface area contributed by atoms with E-state index in [0.29, 0.717) is 13.1 Å². The Kier molecular flexibility index (Phi) is 4.65. The van der Waals surface area contributed by atoms with Crippen molar-refractivity contribution >= 4 is 23.6 Å². The zero-order valence-corrected chi connectivity index (χ0v) is 15.6. The fourth-order valence-corrected chi connectivity index (χ4v) is 4.25. The highest BCUT2D eigenvalue weighted by molar-refractivity contribution is 6.30. The van der Waals surface area contributed by atoms with Crippen molar-refractivity contribution in [3.8, 4) is 0 Å². The maximum atomic E-state index is 12.6. The Labute approximate surface area is 162 Å². The number of rotatable bonds is 3. The average Bonchev–Trinajstić information content (AvgIpc) is 3.38. The molecule has 27 heavy (non-hydrogen) atoms. The molecule has 7 nitrogen and oxygen atoms in total. The molecule has 142 valence electrons. The summed E-state index contributed by atoms with van der Waals surface area (Å²) in [6.45, 7) is 4.21. The van der Waals surface area contributed by atoms with Crippen molar-refractivity contribution in [2.75, 3.05) is 26.2 Å². The lowest BCUT2D eigenvalue weighted by Gasteiger charge is -2.24. The number of hydrogen-bond acceptors (Lipinski definition) is 4. The van der Waals surface area contributed by atoms with Crippen LogP contribution in [-0.4, -0.2) is 62.9 Å². The third-order valence-electron chi connectivity index (χ3n) is 5.57. The summed E-state index contributed by atoms with van der Waals surface area (Å²) in [6, 6.07) is 7.67. The Morgan fingerprint density at radius 1 is 1.15 bits per heavy atom. The third kappa shape index (κ3) is 3.70. The molecule has 0 saturated carbocycles. The monoisotopic (exact) mass is 388 g/mol. The topological polar surface area (TPSA) is 78.7 Å². The Morgan fingerprint density at radius 3 is 2.59 bits per heavy atom. The summed E-state index contributed by atoms with van der Waals surface area (Å²) in [6.07, 6.45) is 4.50. The molecule has 0 radical (unpaired) electrons. The number of nitrogens with zero attached hydrogens (tertiary/aromatic N) is 4. The molecule has 1 atom stereocenters. The largest absolute Gasteiger partial charge is 0.478 e. The van der Waals surface area contributed by atoms with Crippen LogP contribution in [0, 0.1) is 5.41 Å². The zero-order valence-electron chi connectivity index (χ0n) is 14.8. The van der Waals surface area contributed by atoms with Gasteiger partial charge in [-0.25, -0.2) is 9.59 Å². The standard InChI is InChI=1S/C19H21ClN4O3/c20-16-3-1-14(2-4-16)10-22-7-5-19(12-22)6-8-23(13-19)18(27)24-11-15(9-21-24)17(25)26/h1-4,9,11H,5-8,10,12-13H2,(H,25,26). The van der Waals surface area contributed by atoms with E-state index in [-0.39, 0.29) is 17.0 Å². The van der Waals surface area contributed by atoms with Gasteiger partial charge in [-0.1, -0.05) is 23.7 Å². The van der Waals surface area contributed by atoms with Crippen LogP contribution in [0.3, 0.4) is 0 Å². The number of aromatic carboxylic acids is 1. The highest BCUT2D eigenvalue weighted by Gasteiger charge is 2.45.